The van der Waals surface area contributed by atoms with Crippen molar-refractivity contribution in [2.45, 2.75) is 6.42 Å². The molecular weight excluding hydrogens is 376 g/mol. The molecule has 5 nitrogen and oxygen atoms in total. The number of hydrogen-bond acceptors (Lipinski definition) is 4. The SMILES string of the molecule is C=CCc1ccc(OCC(=O)N2CCN(C/C=C/c3ccccc3)CC2)c(OC)c1. The third kappa shape index (κ3) is 6.22. The first kappa shape index (κ1) is 21.7. The molecule has 0 saturated carbocycles. The van der Waals surface area contributed by atoms with Crippen LogP contribution >= 0.6 is 0 Å². The minimum Gasteiger partial charge on any atom is -0.493 e. The fourth-order valence-corrected chi connectivity index (χ4v) is 3.44. The molecule has 5 heteroatoms. The van der Waals surface area contributed by atoms with Crippen LogP contribution in [-0.2, 0) is 11.2 Å². The van der Waals surface area contributed by atoms with Gasteiger partial charge in [-0.3, -0.25) is 9.69 Å². The molecule has 1 aliphatic heterocycles. The number of nitrogens with zero attached hydrogens (tertiary/aromatic N) is 2. The maximum atomic E-state index is 12.6. The molecule has 0 bridgehead atoms. The number of piperazine rings is 1. The van der Waals surface area contributed by atoms with E-state index in [9.17, 15) is 4.79 Å². The first-order valence-corrected chi connectivity index (χ1v) is 10.3. The van der Waals surface area contributed by atoms with Crippen LogP contribution in [0.1, 0.15) is 11.1 Å². The predicted octanol–water partition coefficient (Wildman–Crippen LogP) is 3.66. The van der Waals surface area contributed by atoms with E-state index in [2.05, 4.69) is 35.8 Å². The average molecular weight is 407 g/mol. The minimum atomic E-state index is 0.00620. The van der Waals surface area contributed by atoms with Crippen LogP contribution < -0.4 is 9.47 Å². The lowest BCUT2D eigenvalue weighted by molar-refractivity contribution is -0.135. The second kappa shape index (κ2) is 11.2. The highest BCUT2D eigenvalue weighted by Gasteiger charge is 2.21. The molecule has 30 heavy (non-hydrogen) atoms. The summed E-state index contributed by atoms with van der Waals surface area (Å²) < 4.78 is 11.1. The quantitative estimate of drug-likeness (QED) is 0.596. The molecule has 0 atom stereocenters. The normalized spacial score (nSPS) is 14.6. The van der Waals surface area contributed by atoms with E-state index in [1.807, 2.05) is 47.4 Å². The predicted molar refractivity (Wildman–Crippen MR) is 121 cm³/mol. The summed E-state index contributed by atoms with van der Waals surface area (Å²) >= 11 is 0. The second-order valence-corrected chi connectivity index (χ2v) is 7.26. The standard InChI is InChI=1S/C25H30N2O3/c1-3-8-22-12-13-23(24(19-22)29-2)30-20-25(28)27-17-15-26(16-18-27)14-7-11-21-9-5-4-6-10-21/h3-7,9-13,19H,1,8,14-18,20H2,2H3/b11-7+. The number of methoxy groups -OCH3 is 1. The molecule has 3 rings (SSSR count). The van der Waals surface area contributed by atoms with Gasteiger partial charge in [0.25, 0.3) is 5.91 Å². The lowest BCUT2D eigenvalue weighted by Gasteiger charge is -2.34. The van der Waals surface area contributed by atoms with E-state index in [1.165, 1.54) is 5.56 Å². The minimum absolute atomic E-state index is 0.00620. The number of benzene rings is 2. The Morgan fingerprint density at radius 1 is 1.07 bits per heavy atom. The molecule has 0 aromatic heterocycles. The molecule has 0 N–H and O–H groups in total. The maximum absolute atomic E-state index is 12.6. The summed E-state index contributed by atoms with van der Waals surface area (Å²) in [7, 11) is 1.60. The summed E-state index contributed by atoms with van der Waals surface area (Å²) in [5, 5.41) is 0. The van der Waals surface area contributed by atoms with E-state index < -0.39 is 0 Å². The van der Waals surface area contributed by atoms with Crippen molar-refractivity contribution in [2.75, 3.05) is 46.4 Å². The summed E-state index contributed by atoms with van der Waals surface area (Å²) in [5.41, 5.74) is 2.30. The summed E-state index contributed by atoms with van der Waals surface area (Å²) in [6.07, 6.45) is 6.92. The molecule has 0 radical (unpaired) electrons. The Kier molecular flexibility index (Phi) is 8.10. The molecule has 1 heterocycles. The molecule has 1 amide bonds. The first-order chi connectivity index (χ1) is 14.7. The highest BCUT2D eigenvalue weighted by Crippen LogP contribution is 2.28. The van der Waals surface area contributed by atoms with Gasteiger partial charge in [-0.2, -0.15) is 0 Å². The van der Waals surface area contributed by atoms with E-state index in [-0.39, 0.29) is 12.5 Å². The van der Waals surface area contributed by atoms with Gasteiger partial charge in [-0.25, -0.2) is 0 Å². The lowest BCUT2D eigenvalue weighted by Crippen LogP contribution is -2.49. The maximum Gasteiger partial charge on any atom is 0.260 e. The number of carbonyl (C=O) groups is 1. The Balaban J connectivity index is 1.43. The Bertz CT molecular complexity index is 856. The number of carbonyl (C=O) groups excluding carboxylic acids is 1. The summed E-state index contributed by atoms with van der Waals surface area (Å²) in [5.74, 6) is 1.23. The summed E-state index contributed by atoms with van der Waals surface area (Å²) in [4.78, 5) is 16.8. The van der Waals surface area contributed by atoms with Crippen molar-refractivity contribution in [3.8, 4) is 11.5 Å². The van der Waals surface area contributed by atoms with Gasteiger partial charge in [0.15, 0.2) is 18.1 Å². The van der Waals surface area contributed by atoms with Crippen LogP contribution in [0, 0.1) is 0 Å². The van der Waals surface area contributed by atoms with Crippen molar-refractivity contribution in [1.29, 1.82) is 0 Å². The monoisotopic (exact) mass is 406 g/mol. The van der Waals surface area contributed by atoms with Gasteiger partial charge in [-0.05, 0) is 29.7 Å². The second-order valence-electron chi connectivity index (χ2n) is 7.26. The van der Waals surface area contributed by atoms with Gasteiger partial charge >= 0.3 is 0 Å². The number of ether oxygens (including phenoxy) is 2. The third-order valence-electron chi connectivity index (χ3n) is 5.16. The topological polar surface area (TPSA) is 42.0 Å². The van der Waals surface area contributed by atoms with E-state index in [0.717, 1.165) is 44.7 Å². The fourth-order valence-electron chi connectivity index (χ4n) is 3.44. The van der Waals surface area contributed by atoms with Crippen molar-refractivity contribution >= 4 is 12.0 Å². The third-order valence-corrected chi connectivity index (χ3v) is 5.16. The molecule has 2 aromatic rings. The summed E-state index contributed by atoms with van der Waals surface area (Å²) in [6.45, 7) is 7.83. The van der Waals surface area contributed by atoms with E-state index in [4.69, 9.17) is 9.47 Å². The summed E-state index contributed by atoms with van der Waals surface area (Å²) in [6, 6.07) is 16.0. The molecule has 0 aliphatic carbocycles. The number of hydrogen-bond donors (Lipinski definition) is 0. The van der Waals surface area contributed by atoms with Crippen molar-refractivity contribution in [3.63, 3.8) is 0 Å². The number of amides is 1. The fraction of sp³-hybridized carbons (Fsp3) is 0.320. The Morgan fingerprint density at radius 3 is 2.53 bits per heavy atom. The van der Waals surface area contributed by atoms with Gasteiger partial charge in [0.05, 0.1) is 7.11 Å². The molecular formula is C25H30N2O3. The Morgan fingerprint density at radius 2 is 1.83 bits per heavy atom. The average Bonchev–Trinajstić information content (AvgIpc) is 2.79. The van der Waals surface area contributed by atoms with Gasteiger partial charge in [0, 0.05) is 32.7 Å². The molecule has 1 fully saturated rings. The first-order valence-electron chi connectivity index (χ1n) is 10.3. The lowest BCUT2D eigenvalue weighted by atomic mass is 10.1. The van der Waals surface area contributed by atoms with Gasteiger partial charge in [0.1, 0.15) is 0 Å². The Labute approximate surface area is 179 Å². The highest BCUT2D eigenvalue weighted by molar-refractivity contribution is 5.78. The van der Waals surface area contributed by atoms with Gasteiger partial charge in [-0.15, -0.1) is 6.58 Å². The zero-order valence-electron chi connectivity index (χ0n) is 17.6. The van der Waals surface area contributed by atoms with Crippen LogP contribution in [0.25, 0.3) is 6.08 Å². The van der Waals surface area contributed by atoms with Crippen molar-refractivity contribution in [1.82, 2.24) is 9.80 Å². The molecule has 2 aromatic carbocycles. The molecule has 1 saturated heterocycles. The Hall–Kier alpha value is -3.05. The van der Waals surface area contributed by atoms with Gasteiger partial charge in [0.2, 0.25) is 0 Å². The van der Waals surface area contributed by atoms with Crippen LogP contribution in [0.4, 0.5) is 0 Å². The molecule has 0 spiro atoms. The van der Waals surface area contributed by atoms with E-state index in [1.54, 1.807) is 7.11 Å². The van der Waals surface area contributed by atoms with Crippen molar-refractivity contribution in [2.24, 2.45) is 0 Å². The molecule has 1 aliphatic rings. The molecule has 0 unspecified atom stereocenters. The highest BCUT2D eigenvalue weighted by atomic mass is 16.5. The van der Waals surface area contributed by atoms with Crippen molar-refractivity contribution in [3.05, 3.63) is 78.4 Å². The van der Waals surface area contributed by atoms with Crippen LogP contribution in [0.3, 0.4) is 0 Å². The van der Waals surface area contributed by atoms with Crippen molar-refractivity contribution < 1.29 is 14.3 Å². The van der Waals surface area contributed by atoms with E-state index in [0.29, 0.717) is 11.5 Å². The van der Waals surface area contributed by atoms with E-state index >= 15 is 0 Å². The number of allylic oxidation sites excluding steroid dienone is 1. The smallest absolute Gasteiger partial charge is 0.260 e. The zero-order chi connectivity index (χ0) is 21.2. The van der Waals surface area contributed by atoms with Gasteiger partial charge in [-0.1, -0.05) is 54.6 Å². The van der Waals surface area contributed by atoms with Gasteiger partial charge < -0.3 is 14.4 Å². The largest absolute Gasteiger partial charge is 0.493 e. The van der Waals surface area contributed by atoms with Crippen LogP contribution in [0.2, 0.25) is 0 Å². The van der Waals surface area contributed by atoms with Crippen LogP contribution in [0.15, 0.2) is 67.3 Å². The number of rotatable bonds is 9. The molecule has 158 valence electrons. The van der Waals surface area contributed by atoms with Crippen LogP contribution in [0.5, 0.6) is 11.5 Å². The zero-order valence-corrected chi connectivity index (χ0v) is 17.6. The van der Waals surface area contributed by atoms with Crippen LogP contribution in [-0.4, -0.2) is 62.1 Å².